The molecule has 0 N–H and O–H groups in total. The summed E-state index contributed by atoms with van der Waals surface area (Å²) in [5.74, 6) is 0.566. The molecule has 0 aliphatic carbocycles. The van der Waals surface area contributed by atoms with Crippen molar-refractivity contribution in [3.63, 3.8) is 0 Å². The third-order valence-electron chi connectivity index (χ3n) is 5.45. The number of aryl methyl sites for hydroxylation is 1. The zero-order valence-electron chi connectivity index (χ0n) is 13.1. The number of hydrogen-bond acceptors (Lipinski definition) is 2. The van der Waals surface area contributed by atoms with E-state index < -0.39 is 0 Å². The van der Waals surface area contributed by atoms with Crippen LogP contribution in [-0.4, -0.2) is 17.3 Å². The van der Waals surface area contributed by atoms with Gasteiger partial charge >= 0.3 is 0 Å². The number of rotatable bonds is 4. The fourth-order valence-electron chi connectivity index (χ4n) is 3.77. The molecule has 3 atom stereocenters. The average molecular weight is 274 g/mol. The largest absolute Gasteiger partial charge is 0.370 e. The molecule has 110 valence electrons. The summed E-state index contributed by atoms with van der Waals surface area (Å²) in [6.45, 7) is 9.62. The minimum Gasteiger partial charge on any atom is -0.370 e. The molecule has 2 nitrogen and oxygen atoms in total. The quantitative estimate of drug-likeness (QED) is 0.817. The lowest BCUT2D eigenvalue weighted by Crippen LogP contribution is -2.38. The molecule has 2 fully saturated rings. The summed E-state index contributed by atoms with van der Waals surface area (Å²) in [4.78, 5) is 0. The van der Waals surface area contributed by atoms with Crippen molar-refractivity contribution >= 4 is 0 Å². The minimum absolute atomic E-state index is 0.0607. The van der Waals surface area contributed by atoms with E-state index in [-0.39, 0.29) is 17.3 Å². The Bertz CT molecular complexity index is 496. The molecule has 2 heteroatoms. The summed E-state index contributed by atoms with van der Waals surface area (Å²) in [6.07, 6.45) is 3.60. The van der Waals surface area contributed by atoms with Crippen LogP contribution in [-0.2, 0) is 16.1 Å². The van der Waals surface area contributed by atoms with Crippen LogP contribution in [0.15, 0.2) is 24.3 Å². The molecule has 0 spiro atoms. The SMILES string of the molecule is Cc1ccccc1CO[C@H]1C[C@]2(C(C)C)CCC1(C)O2. The molecule has 2 saturated heterocycles. The van der Waals surface area contributed by atoms with Gasteiger partial charge in [0.2, 0.25) is 0 Å². The Morgan fingerprint density at radius 1 is 1.30 bits per heavy atom. The second-order valence-electron chi connectivity index (χ2n) is 7.06. The highest BCUT2D eigenvalue weighted by Crippen LogP contribution is 2.55. The van der Waals surface area contributed by atoms with Crippen molar-refractivity contribution in [3.8, 4) is 0 Å². The van der Waals surface area contributed by atoms with E-state index in [0.29, 0.717) is 12.5 Å². The maximum atomic E-state index is 6.42. The highest BCUT2D eigenvalue weighted by Gasteiger charge is 2.60. The predicted octanol–water partition coefficient (Wildman–Crippen LogP) is 4.25. The van der Waals surface area contributed by atoms with Crippen LogP contribution in [0.25, 0.3) is 0 Å². The number of benzene rings is 1. The summed E-state index contributed by atoms with van der Waals surface area (Å²) in [5.41, 5.74) is 2.58. The van der Waals surface area contributed by atoms with E-state index in [4.69, 9.17) is 9.47 Å². The smallest absolute Gasteiger partial charge is 0.0924 e. The van der Waals surface area contributed by atoms with Crippen molar-refractivity contribution in [2.75, 3.05) is 0 Å². The first-order valence-corrected chi connectivity index (χ1v) is 7.81. The Kier molecular flexibility index (Phi) is 3.42. The highest BCUT2D eigenvalue weighted by molar-refractivity contribution is 5.24. The number of hydrogen-bond donors (Lipinski definition) is 0. The normalized spacial score (nSPS) is 36.0. The van der Waals surface area contributed by atoms with E-state index >= 15 is 0 Å². The standard InChI is InChI=1S/C18H26O2/c1-13(2)18-10-9-17(4,20-18)16(11-18)19-12-15-8-6-5-7-14(15)3/h5-8,13,16H,9-12H2,1-4H3/t16-,17?,18-/m0/s1. The van der Waals surface area contributed by atoms with Crippen LogP contribution in [0.2, 0.25) is 0 Å². The first-order chi connectivity index (χ1) is 9.45. The minimum atomic E-state index is -0.0764. The van der Waals surface area contributed by atoms with Crippen molar-refractivity contribution < 1.29 is 9.47 Å². The summed E-state index contributed by atoms with van der Waals surface area (Å²) in [7, 11) is 0. The first kappa shape index (κ1) is 14.1. The molecule has 0 aromatic heterocycles. The van der Waals surface area contributed by atoms with Gasteiger partial charge in [0.05, 0.1) is 23.9 Å². The molecule has 0 saturated carbocycles. The molecule has 0 radical (unpaired) electrons. The van der Waals surface area contributed by atoms with Crippen LogP contribution in [0, 0.1) is 12.8 Å². The molecule has 1 aromatic rings. The number of ether oxygens (including phenoxy) is 2. The van der Waals surface area contributed by atoms with Gasteiger partial charge in [-0.05, 0) is 43.7 Å². The average Bonchev–Trinajstić information content (AvgIpc) is 2.90. The van der Waals surface area contributed by atoms with Gasteiger partial charge in [-0.2, -0.15) is 0 Å². The summed E-state index contributed by atoms with van der Waals surface area (Å²) >= 11 is 0. The van der Waals surface area contributed by atoms with Gasteiger partial charge in [-0.25, -0.2) is 0 Å². The maximum Gasteiger partial charge on any atom is 0.0924 e. The zero-order chi connectivity index (χ0) is 14.4. The number of fused-ring (bicyclic) bond motifs is 2. The molecule has 0 amide bonds. The lowest BCUT2D eigenvalue weighted by Gasteiger charge is -2.31. The van der Waals surface area contributed by atoms with Gasteiger partial charge in [0.25, 0.3) is 0 Å². The van der Waals surface area contributed by atoms with E-state index in [1.807, 2.05) is 0 Å². The van der Waals surface area contributed by atoms with Crippen LogP contribution in [0.5, 0.6) is 0 Å². The van der Waals surface area contributed by atoms with E-state index in [1.165, 1.54) is 17.5 Å². The van der Waals surface area contributed by atoms with Gasteiger partial charge in [0.1, 0.15) is 0 Å². The fraction of sp³-hybridized carbons (Fsp3) is 0.667. The van der Waals surface area contributed by atoms with Crippen LogP contribution in [0.4, 0.5) is 0 Å². The van der Waals surface area contributed by atoms with E-state index in [2.05, 4.69) is 52.0 Å². The van der Waals surface area contributed by atoms with E-state index in [1.54, 1.807) is 0 Å². The summed E-state index contributed by atoms with van der Waals surface area (Å²) in [6, 6.07) is 8.46. The molecule has 1 aromatic carbocycles. The second-order valence-corrected chi connectivity index (χ2v) is 7.06. The molecule has 2 heterocycles. The van der Waals surface area contributed by atoms with Crippen LogP contribution in [0.1, 0.15) is 51.2 Å². The van der Waals surface area contributed by atoms with Crippen LogP contribution >= 0.6 is 0 Å². The van der Waals surface area contributed by atoms with Crippen molar-refractivity contribution in [2.24, 2.45) is 5.92 Å². The van der Waals surface area contributed by atoms with E-state index in [0.717, 1.165) is 12.8 Å². The second kappa shape index (κ2) is 4.85. The molecular weight excluding hydrogens is 248 g/mol. The Labute approximate surface area is 122 Å². The van der Waals surface area contributed by atoms with Gasteiger partial charge in [-0.15, -0.1) is 0 Å². The highest BCUT2D eigenvalue weighted by atomic mass is 16.6. The Balaban J connectivity index is 1.69. The first-order valence-electron chi connectivity index (χ1n) is 7.81. The third-order valence-corrected chi connectivity index (χ3v) is 5.45. The fourth-order valence-corrected chi connectivity index (χ4v) is 3.77. The summed E-state index contributed by atoms with van der Waals surface area (Å²) in [5, 5.41) is 0. The molecule has 3 rings (SSSR count). The van der Waals surface area contributed by atoms with Crippen molar-refractivity contribution in [2.45, 2.75) is 70.9 Å². The van der Waals surface area contributed by atoms with Crippen molar-refractivity contribution in [3.05, 3.63) is 35.4 Å². The topological polar surface area (TPSA) is 18.5 Å². The maximum absolute atomic E-state index is 6.42. The zero-order valence-corrected chi connectivity index (χ0v) is 13.1. The third kappa shape index (κ3) is 2.19. The van der Waals surface area contributed by atoms with Gasteiger partial charge < -0.3 is 9.47 Å². The van der Waals surface area contributed by atoms with Gasteiger partial charge in [-0.1, -0.05) is 38.1 Å². The monoisotopic (exact) mass is 274 g/mol. The van der Waals surface area contributed by atoms with Crippen molar-refractivity contribution in [1.29, 1.82) is 0 Å². The summed E-state index contributed by atoms with van der Waals surface area (Å²) < 4.78 is 12.7. The molecular formula is C18H26O2. The Morgan fingerprint density at radius 3 is 2.70 bits per heavy atom. The molecule has 2 aliphatic rings. The van der Waals surface area contributed by atoms with Crippen LogP contribution in [0.3, 0.4) is 0 Å². The van der Waals surface area contributed by atoms with Gasteiger partial charge in [0, 0.05) is 6.42 Å². The lowest BCUT2D eigenvalue weighted by molar-refractivity contribution is -0.0960. The molecule has 2 bridgehead atoms. The molecule has 1 unspecified atom stereocenters. The predicted molar refractivity (Wildman–Crippen MR) is 80.7 cm³/mol. The van der Waals surface area contributed by atoms with Crippen molar-refractivity contribution in [1.82, 2.24) is 0 Å². The molecule has 2 aliphatic heterocycles. The Hall–Kier alpha value is -0.860. The molecule has 20 heavy (non-hydrogen) atoms. The lowest BCUT2D eigenvalue weighted by atomic mass is 9.75. The Morgan fingerprint density at radius 2 is 2.05 bits per heavy atom. The van der Waals surface area contributed by atoms with E-state index in [9.17, 15) is 0 Å². The van der Waals surface area contributed by atoms with Gasteiger partial charge in [0.15, 0.2) is 0 Å². The van der Waals surface area contributed by atoms with Crippen LogP contribution < -0.4 is 0 Å². The van der Waals surface area contributed by atoms with Gasteiger partial charge in [-0.3, -0.25) is 0 Å².